The monoisotopic (exact) mass is 446 g/mol. The van der Waals surface area contributed by atoms with Crippen LogP contribution in [-0.4, -0.2) is 28.0 Å². The minimum Gasteiger partial charge on any atom is -0.435 e. The van der Waals surface area contributed by atoms with E-state index >= 15 is 0 Å². The molecule has 0 heterocycles. The minimum atomic E-state index is -3.85. The van der Waals surface area contributed by atoms with E-state index in [1.54, 1.807) is 42.5 Å². The summed E-state index contributed by atoms with van der Waals surface area (Å²) in [7, 11) is -2.41. The number of alkyl halides is 2. The molecular formula is C22H20F2N2O4S. The number of benzene rings is 3. The molecule has 0 aliphatic heterocycles. The first-order chi connectivity index (χ1) is 14.8. The summed E-state index contributed by atoms with van der Waals surface area (Å²) >= 11 is 0. The molecule has 162 valence electrons. The molecular weight excluding hydrogens is 426 g/mol. The van der Waals surface area contributed by atoms with E-state index in [-0.39, 0.29) is 22.8 Å². The van der Waals surface area contributed by atoms with Crippen LogP contribution >= 0.6 is 0 Å². The number of hydrogen-bond acceptors (Lipinski definition) is 4. The lowest BCUT2D eigenvalue weighted by molar-refractivity contribution is -0.0498. The third-order valence-corrected chi connectivity index (χ3v) is 6.26. The summed E-state index contributed by atoms with van der Waals surface area (Å²) < 4.78 is 55.7. The van der Waals surface area contributed by atoms with Gasteiger partial charge < -0.3 is 10.1 Å². The fourth-order valence-electron chi connectivity index (χ4n) is 2.81. The summed E-state index contributed by atoms with van der Waals surface area (Å²) in [5.74, 6) is -0.446. The Bertz CT molecular complexity index is 1140. The second kappa shape index (κ2) is 9.57. The van der Waals surface area contributed by atoms with Crippen molar-refractivity contribution in [2.75, 3.05) is 11.4 Å². The highest BCUT2D eigenvalue weighted by Gasteiger charge is 2.22. The highest BCUT2D eigenvalue weighted by Crippen LogP contribution is 2.22. The SMILES string of the molecule is CN(c1ccccc1)S(=O)(=O)c1cccc(C(=O)NCc2ccc(OC(F)F)cc2)c1. The van der Waals surface area contributed by atoms with Crippen molar-refractivity contribution in [3.63, 3.8) is 0 Å². The molecule has 0 aliphatic carbocycles. The first kappa shape index (κ1) is 22.2. The van der Waals surface area contributed by atoms with Crippen molar-refractivity contribution in [2.45, 2.75) is 18.1 Å². The summed E-state index contributed by atoms with van der Waals surface area (Å²) in [6.45, 7) is -2.77. The fraction of sp³-hybridized carbons (Fsp3) is 0.136. The number of carbonyl (C=O) groups excluding carboxylic acids is 1. The molecule has 1 N–H and O–H groups in total. The number of hydrogen-bond donors (Lipinski definition) is 1. The maximum absolute atomic E-state index is 12.9. The summed E-state index contributed by atoms with van der Waals surface area (Å²) in [5.41, 5.74) is 1.35. The molecule has 3 aromatic carbocycles. The van der Waals surface area contributed by atoms with E-state index in [9.17, 15) is 22.0 Å². The van der Waals surface area contributed by atoms with Gasteiger partial charge in [0.1, 0.15) is 5.75 Å². The average Bonchev–Trinajstić information content (AvgIpc) is 2.78. The number of sulfonamides is 1. The average molecular weight is 446 g/mol. The molecule has 6 nitrogen and oxygen atoms in total. The number of nitrogens with one attached hydrogen (secondary N) is 1. The number of amides is 1. The maximum Gasteiger partial charge on any atom is 0.387 e. The Morgan fingerprint density at radius 1 is 1.00 bits per heavy atom. The molecule has 0 aromatic heterocycles. The quantitative estimate of drug-likeness (QED) is 0.567. The lowest BCUT2D eigenvalue weighted by atomic mass is 10.2. The van der Waals surface area contributed by atoms with Gasteiger partial charge in [0, 0.05) is 19.2 Å². The molecule has 1 amide bonds. The molecule has 31 heavy (non-hydrogen) atoms. The van der Waals surface area contributed by atoms with Crippen molar-refractivity contribution in [1.82, 2.24) is 5.32 Å². The van der Waals surface area contributed by atoms with Crippen LogP contribution in [0.1, 0.15) is 15.9 Å². The van der Waals surface area contributed by atoms with Crippen LogP contribution in [0.3, 0.4) is 0 Å². The number of nitrogens with zero attached hydrogens (tertiary/aromatic N) is 1. The molecule has 0 unspecified atom stereocenters. The molecule has 0 aliphatic rings. The maximum atomic E-state index is 12.9. The van der Waals surface area contributed by atoms with Gasteiger partial charge >= 0.3 is 6.61 Å². The zero-order valence-electron chi connectivity index (χ0n) is 16.5. The molecule has 9 heteroatoms. The fourth-order valence-corrected chi connectivity index (χ4v) is 4.05. The molecule has 3 rings (SSSR count). The van der Waals surface area contributed by atoms with Gasteiger partial charge in [-0.2, -0.15) is 8.78 Å². The Morgan fingerprint density at radius 2 is 1.68 bits per heavy atom. The van der Waals surface area contributed by atoms with Gasteiger partial charge in [0.15, 0.2) is 0 Å². The second-order valence-corrected chi connectivity index (χ2v) is 8.51. The van der Waals surface area contributed by atoms with E-state index in [2.05, 4.69) is 10.1 Å². The van der Waals surface area contributed by atoms with Crippen LogP contribution in [0.4, 0.5) is 14.5 Å². The van der Waals surface area contributed by atoms with Crippen molar-refractivity contribution < 1.29 is 26.7 Å². The number of rotatable bonds is 8. The molecule has 0 bridgehead atoms. The van der Waals surface area contributed by atoms with Crippen LogP contribution in [0.25, 0.3) is 0 Å². The standard InChI is InChI=1S/C22H20F2N2O4S/c1-26(18-7-3-2-4-8-18)31(28,29)20-9-5-6-17(14-20)21(27)25-15-16-10-12-19(13-11-16)30-22(23)24/h2-14,22H,15H2,1H3,(H,25,27). The van der Waals surface area contributed by atoms with Gasteiger partial charge in [0.05, 0.1) is 10.6 Å². The van der Waals surface area contributed by atoms with Crippen molar-refractivity contribution in [3.8, 4) is 5.75 Å². The largest absolute Gasteiger partial charge is 0.435 e. The highest BCUT2D eigenvalue weighted by atomic mass is 32.2. The van der Waals surface area contributed by atoms with E-state index in [1.807, 2.05) is 0 Å². The molecule has 0 fully saturated rings. The van der Waals surface area contributed by atoms with Crippen LogP contribution in [0.5, 0.6) is 5.75 Å². The molecule has 0 saturated carbocycles. The Hall–Kier alpha value is -3.46. The van der Waals surface area contributed by atoms with Gasteiger partial charge in [-0.3, -0.25) is 9.10 Å². The van der Waals surface area contributed by atoms with Gasteiger partial charge in [-0.1, -0.05) is 36.4 Å². The summed E-state index contributed by atoms with van der Waals surface area (Å²) in [5, 5.41) is 2.68. The van der Waals surface area contributed by atoms with E-state index in [0.29, 0.717) is 11.3 Å². The second-order valence-electron chi connectivity index (χ2n) is 6.54. The number of para-hydroxylation sites is 1. The normalized spacial score (nSPS) is 11.2. The zero-order chi connectivity index (χ0) is 22.4. The van der Waals surface area contributed by atoms with Crippen LogP contribution in [0, 0.1) is 0 Å². The van der Waals surface area contributed by atoms with Crippen LogP contribution in [0.2, 0.25) is 0 Å². The summed E-state index contributed by atoms with van der Waals surface area (Å²) in [6, 6.07) is 20.2. The van der Waals surface area contributed by atoms with Gasteiger partial charge in [-0.25, -0.2) is 8.42 Å². The molecule has 0 atom stereocenters. The number of ether oxygens (including phenoxy) is 1. The minimum absolute atomic E-state index is 0.0139. The summed E-state index contributed by atoms with van der Waals surface area (Å²) in [6.07, 6.45) is 0. The Kier molecular flexibility index (Phi) is 6.86. The van der Waals surface area contributed by atoms with Gasteiger partial charge in [-0.15, -0.1) is 0 Å². The van der Waals surface area contributed by atoms with Gasteiger partial charge in [-0.05, 0) is 48.0 Å². The lowest BCUT2D eigenvalue weighted by Gasteiger charge is -2.19. The number of anilines is 1. The highest BCUT2D eigenvalue weighted by molar-refractivity contribution is 7.92. The molecule has 0 radical (unpaired) electrons. The predicted octanol–water partition coefficient (Wildman–Crippen LogP) is 4.04. The predicted molar refractivity (Wildman–Crippen MR) is 113 cm³/mol. The Balaban J connectivity index is 1.70. The number of halogens is 2. The zero-order valence-corrected chi connectivity index (χ0v) is 17.4. The topological polar surface area (TPSA) is 75.7 Å². The van der Waals surface area contributed by atoms with Crippen LogP contribution in [0.15, 0.2) is 83.8 Å². The Labute approximate surface area is 179 Å². The van der Waals surface area contributed by atoms with Crippen LogP contribution in [-0.2, 0) is 16.6 Å². The van der Waals surface area contributed by atoms with Crippen LogP contribution < -0.4 is 14.4 Å². The first-order valence-electron chi connectivity index (χ1n) is 9.23. The smallest absolute Gasteiger partial charge is 0.387 e. The van der Waals surface area contributed by atoms with E-state index in [1.165, 1.54) is 43.4 Å². The third kappa shape index (κ3) is 5.58. The van der Waals surface area contributed by atoms with E-state index < -0.39 is 22.5 Å². The van der Waals surface area contributed by atoms with Gasteiger partial charge in [0.2, 0.25) is 0 Å². The first-order valence-corrected chi connectivity index (χ1v) is 10.7. The van der Waals surface area contributed by atoms with Crippen molar-refractivity contribution >= 4 is 21.6 Å². The van der Waals surface area contributed by atoms with E-state index in [4.69, 9.17) is 0 Å². The van der Waals surface area contributed by atoms with E-state index in [0.717, 1.165) is 4.31 Å². The van der Waals surface area contributed by atoms with Crippen molar-refractivity contribution in [1.29, 1.82) is 0 Å². The molecule has 3 aromatic rings. The Morgan fingerprint density at radius 3 is 2.32 bits per heavy atom. The van der Waals surface area contributed by atoms with Crippen molar-refractivity contribution in [2.24, 2.45) is 0 Å². The molecule has 0 saturated heterocycles. The molecule has 0 spiro atoms. The lowest BCUT2D eigenvalue weighted by Crippen LogP contribution is -2.27. The van der Waals surface area contributed by atoms with Gasteiger partial charge in [0.25, 0.3) is 15.9 Å². The summed E-state index contributed by atoms with van der Waals surface area (Å²) in [4.78, 5) is 12.5. The van der Waals surface area contributed by atoms with Crippen molar-refractivity contribution in [3.05, 3.63) is 90.0 Å². The number of carbonyl (C=O) groups is 1. The third-order valence-electron chi connectivity index (χ3n) is 4.48.